The topological polar surface area (TPSA) is 51.6 Å². The Morgan fingerprint density at radius 1 is 1.06 bits per heavy atom. The zero-order valence-corrected chi connectivity index (χ0v) is 18.6. The van der Waals surface area contributed by atoms with E-state index >= 15 is 0 Å². The van der Waals surface area contributed by atoms with Gasteiger partial charge in [0.1, 0.15) is 0 Å². The second-order valence-electron chi connectivity index (χ2n) is 8.82. The van der Waals surface area contributed by atoms with Gasteiger partial charge in [0, 0.05) is 31.3 Å². The minimum atomic E-state index is 0.279. The van der Waals surface area contributed by atoms with Crippen molar-refractivity contribution in [2.45, 2.75) is 52.1 Å². The van der Waals surface area contributed by atoms with Gasteiger partial charge in [0.15, 0.2) is 11.5 Å². The highest BCUT2D eigenvalue weighted by Gasteiger charge is 2.23. The van der Waals surface area contributed by atoms with Gasteiger partial charge in [-0.2, -0.15) is 0 Å². The van der Waals surface area contributed by atoms with Gasteiger partial charge in [0.25, 0.3) is 0 Å². The van der Waals surface area contributed by atoms with Gasteiger partial charge >= 0.3 is 0 Å². The van der Waals surface area contributed by atoms with Crippen LogP contribution in [0.15, 0.2) is 36.4 Å². The average Bonchev–Trinajstić information content (AvgIpc) is 3.37. The minimum absolute atomic E-state index is 0.279. The number of hydrogen-bond donors (Lipinski definition) is 1. The van der Waals surface area contributed by atoms with Gasteiger partial charge < -0.3 is 24.3 Å². The van der Waals surface area contributed by atoms with Crippen molar-refractivity contribution in [3.05, 3.63) is 47.5 Å². The molecular formula is C25H32N4O2. The molecule has 0 bridgehead atoms. The van der Waals surface area contributed by atoms with Crippen molar-refractivity contribution in [2.24, 2.45) is 0 Å². The van der Waals surface area contributed by atoms with Crippen molar-refractivity contribution in [2.75, 3.05) is 31.7 Å². The van der Waals surface area contributed by atoms with E-state index in [2.05, 4.69) is 59.0 Å². The van der Waals surface area contributed by atoms with E-state index in [-0.39, 0.29) is 6.79 Å². The fourth-order valence-corrected chi connectivity index (χ4v) is 4.53. The van der Waals surface area contributed by atoms with Crippen LogP contribution in [0.3, 0.4) is 0 Å². The van der Waals surface area contributed by atoms with Crippen LogP contribution in [0.5, 0.6) is 11.5 Å². The van der Waals surface area contributed by atoms with Crippen LogP contribution in [0.4, 0.5) is 5.95 Å². The molecule has 3 heterocycles. The smallest absolute Gasteiger partial charge is 0.231 e. The number of aromatic nitrogens is 2. The highest BCUT2D eigenvalue weighted by molar-refractivity contribution is 5.83. The van der Waals surface area contributed by atoms with E-state index in [0.717, 1.165) is 61.0 Å². The first-order chi connectivity index (χ1) is 15.2. The van der Waals surface area contributed by atoms with Crippen LogP contribution in [0.1, 0.15) is 43.7 Å². The lowest BCUT2D eigenvalue weighted by Gasteiger charge is -2.32. The molecule has 0 radical (unpaired) electrons. The van der Waals surface area contributed by atoms with Crippen LogP contribution in [0.25, 0.3) is 11.0 Å². The van der Waals surface area contributed by atoms with Crippen molar-refractivity contribution in [3.8, 4) is 11.5 Å². The molecule has 0 unspecified atom stereocenters. The molecule has 2 aromatic carbocycles. The number of nitrogens with zero attached hydrogens (tertiary/aromatic N) is 3. The second kappa shape index (κ2) is 8.79. The van der Waals surface area contributed by atoms with E-state index in [1.54, 1.807) is 0 Å². The van der Waals surface area contributed by atoms with Crippen molar-refractivity contribution >= 4 is 17.0 Å². The zero-order valence-electron chi connectivity index (χ0n) is 18.6. The summed E-state index contributed by atoms with van der Waals surface area (Å²) in [4.78, 5) is 7.56. The summed E-state index contributed by atoms with van der Waals surface area (Å²) in [6, 6.07) is 13.3. The van der Waals surface area contributed by atoms with Gasteiger partial charge in [0.2, 0.25) is 12.7 Å². The molecular weight excluding hydrogens is 388 g/mol. The zero-order chi connectivity index (χ0) is 21.2. The maximum absolute atomic E-state index is 5.64. The van der Waals surface area contributed by atoms with E-state index in [1.165, 1.54) is 30.5 Å². The Labute approximate surface area is 184 Å². The lowest BCUT2D eigenvalue weighted by molar-refractivity contribution is 0.174. The summed E-state index contributed by atoms with van der Waals surface area (Å²) in [5, 5.41) is 3.77. The van der Waals surface area contributed by atoms with Crippen molar-refractivity contribution in [3.63, 3.8) is 0 Å². The number of benzene rings is 2. The lowest BCUT2D eigenvalue weighted by atomic mass is 10.0. The number of anilines is 1. The highest BCUT2D eigenvalue weighted by atomic mass is 16.7. The number of likely N-dealkylation sites (tertiary alicyclic amines) is 1. The summed E-state index contributed by atoms with van der Waals surface area (Å²) >= 11 is 0. The monoisotopic (exact) mass is 420 g/mol. The Bertz CT molecular complexity index is 1040. The van der Waals surface area contributed by atoms with E-state index < -0.39 is 0 Å². The lowest BCUT2D eigenvalue weighted by Crippen LogP contribution is -2.39. The number of unbranched alkanes of at least 4 members (excludes halogenated alkanes) is 1. The van der Waals surface area contributed by atoms with E-state index in [9.17, 15) is 0 Å². The normalized spacial score (nSPS) is 16.8. The number of aryl methyl sites for hydroxylation is 1. The Kier molecular flexibility index (Phi) is 5.72. The standard InChI is InChI=1S/C25H32N4O2/c1-3-4-11-28-12-9-20(10-13-28)26-25-27-21-14-23-24(31-17-30-23)15-22(21)29(25)16-19-7-5-18(2)6-8-19/h5-8,14-15,20H,3-4,9-13,16-17H2,1-2H3,(H,26,27). The molecule has 0 spiro atoms. The van der Waals surface area contributed by atoms with Gasteiger partial charge in [-0.25, -0.2) is 4.98 Å². The van der Waals surface area contributed by atoms with Gasteiger partial charge in [-0.3, -0.25) is 0 Å². The maximum atomic E-state index is 5.64. The number of rotatable bonds is 7. The molecule has 0 atom stereocenters. The minimum Gasteiger partial charge on any atom is -0.454 e. The Balaban J connectivity index is 1.41. The molecule has 31 heavy (non-hydrogen) atoms. The van der Waals surface area contributed by atoms with Gasteiger partial charge in [-0.15, -0.1) is 0 Å². The molecule has 6 heteroatoms. The molecule has 164 valence electrons. The van der Waals surface area contributed by atoms with Gasteiger partial charge in [-0.1, -0.05) is 43.2 Å². The summed E-state index contributed by atoms with van der Waals surface area (Å²) in [5.41, 5.74) is 4.56. The Morgan fingerprint density at radius 2 is 1.81 bits per heavy atom. The predicted molar refractivity (Wildman–Crippen MR) is 124 cm³/mol. The van der Waals surface area contributed by atoms with Crippen molar-refractivity contribution < 1.29 is 9.47 Å². The molecule has 3 aromatic rings. The largest absolute Gasteiger partial charge is 0.454 e. The molecule has 5 rings (SSSR count). The number of fused-ring (bicyclic) bond motifs is 2. The van der Waals surface area contributed by atoms with Crippen LogP contribution < -0.4 is 14.8 Å². The van der Waals surface area contributed by atoms with Gasteiger partial charge in [0.05, 0.1) is 17.6 Å². The van der Waals surface area contributed by atoms with Crippen LogP contribution in [0.2, 0.25) is 0 Å². The Hall–Kier alpha value is -2.73. The first-order valence-electron chi connectivity index (χ1n) is 11.5. The van der Waals surface area contributed by atoms with Crippen molar-refractivity contribution in [1.29, 1.82) is 0 Å². The molecule has 1 N–H and O–H groups in total. The van der Waals surface area contributed by atoms with Gasteiger partial charge in [-0.05, 0) is 38.3 Å². The first kappa shape index (κ1) is 20.2. The van der Waals surface area contributed by atoms with Crippen molar-refractivity contribution in [1.82, 2.24) is 14.5 Å². The number of imidazole rings is 1. The third-order valence-electron chi connectivity index (χ3n) is 6.45. The van der Waals surface area contributed by atoms with Crippen LogP contribution >= 0.6 is 0 Å². The maximum Gasteiger partial charge on any atom is 0.231 e. The second-order valence-corrected chi connectivity index (χ2v) is 8.82. The fraction of sp³-hybridized carbons (Fsp3) is 0.480. The third-order valence-corrected chi connectivity index (χ3v) is 6.45. The summed E-state index contributed by atoms with van der Waals surface area (Å²) in [6.45, 7) is 8.98. The summed E-state index contributed by atoms with van der Waals surface area (Å²) in [6.07, 6.45) is 4.86. The molecule has 2 aliphatic rings. The summed E-state index contributed by atoms with van der Waals surface area (Å²) < 4.78 is 13.5. The molecule has 6 nitrogen and oxygen atoms in total. The number of hydrogen-bond acceptors (Lipinski definition) is 5. The quantitative estimate of drug-likeness (QED) is 0.595. The first-order valence-corrected chi connectivity index (χ1v) is 11.5. The number of ether oxygens (including phenoxy) is 2. The molecule has 1 saturated heterocycles. The molecule has 0 aliphatic carbocycles. The molecule has 1 fully saturated rings. The molecule has 0 saturated carbocycles. The molecule has 1 aromatic heterocycles. The van der Waals surface area contributed by atoms with E-state index in [0.29, 0.717) is 6.04 Å². The predicted octanol–water partition coefficient (Wildman–Crippen LogP) is 4.80. The fourth-order valence-electron chi connectivity index (χ4n) is 4.53. The average molecular weight is 421 g/mol. The summed E-state index contributed by atoms with van der Waals surface area (Å²) in [7, 11) is 0. The third kappa shape index (κ3) is 4.35. The number of nitrogens with one attached hydrogen (secondary N) is 1. The molecule has 2 aliphatic heterocycles. The van der Waals surface area contributed by atoms with Crippen LogP contribution in [-0.4, -0.2) is 46.9 Å². The van der Waals surface area contributed by atoms with E-state index in [4.69, 9.17) is 14.5 Å². The molecule has 0 amide bonds. The van der Waals surface area contributed by atoms with E-state index in [1.807, 2.05) is 6.07 Å². The Morgan fingerprint density at radius 3 is 2.55 bits per heavy atom. The number of piperidine rings is 1. The van der Waals surface area contributed by atoms with Crippen LogP contribution in [-0.2, 0) is 6.54 Å². The SMILES string of the molecule is CCCCN1CCC(Nc2nc3cc4c(cc3n2Cc2ccc(C)cc2)OCO4)CC1. The van der Waals surface area contributed by atoms with Crippen LogP contribution in [0, 0.1) is 6.92 Å². The highest BCUT2D eigenvalue weighted by Crippen LogP contribution is 2.37. The summed E-state index contributed by atoms with van der Waals surface area (Å²) in [5.74, 6) is 2.52.